The van der Waals surface area contributed by atoms with Gasteiger partial charge in [0.1, 0.15) is 0 Å². The molecule has 1 aromatic carbocycles. The summed E-state index contributed by atoms with van der Waals surface area (Å²) in [5.74, 6) is -0.213. The van der Waals surface area contributed by atoms with Crippen LogP contribution in [0.2, 0.25) is 0 Å². The summed E-state index contributed by atoms with van der Waals surface area (Å²) in [6.45, 7) is 4.36. The van der Waals surface area contributed by atoms with Crippen LogP contribution in [-0.4, -0.2) is 24.1 Å². The number of alkyl halides is 1. The van der Waals surface area contributed by atoms with Gasteiger partial charge in [0.15, 0.2) is 0 Å². The Balaban J connectivity index is 2.43. The second kappa shape index (κ2) is 4.49. The fourth-order valence-electron chi connectivity index (χ4n) is 2.07. The van der Waals surface area contributed by atoms with Crippen molar-refractivity contribution in [2.45, 2.75) is 13.8 Å². The van der Waals surface area contributed by atoms with Crippen LogP contribution in [-0.2, 0) is 4.79 Å². The standard InChI is InChI=1S/C13H14ClNO2/c1-8(6-14)7-15-11-9(2)4-3-5-10(11)12(16)13(15)17/h3-5,8H,6-7H2,1-2H3. The molecule has 0 bridgehead atoms. The smallest absolute Gasteiger partial charge is 0.299 e. The van der Waals surface area contributed by atoms with E-state index in [1.807, 2.05) is 19.9 Å². The van der Waals surface area contributed by atoms with Crippen LogP contribution in [0.3, 0.4) is 0 Å². The van der Waals surface area contributed by atoms with E-state index < -0.39 is 11.7 Å². The van der Waals surface area contributed by atoms with E-state index in [1.165, 1.54) is 0 Å². The number of rotatable bonds is 3. The monoisotopic (exact) mass is 251 g/mol. The van der Waals surface area contributed by atoms with E-state index in [0.717, 1.165) is 11.3 Å². The summed E-state index contributed by atoms with van der Waals surface area (Å²) < 4.78 is 0. The number of anilines is 1. The molecule has 1 aliphatic heterocycles. The molecule has 90 valence electrons. The van der Waals surface area contributed by atoms with Crippen LogP contribution in [0.5, 0.6) is 0 Å². The first-order chi connectivity index (χ1) is 8.06. The molecule has 0 aromatic heterocycles. The molecule has 0 spiro atoms. The molecule has 0 fully saturated rings. The van der Waals surface area contributed by atoms with Crippen LogP contribution in [0.1, 0.15) is 22.8 Å². The normalized spacial score (nSPS) is 16.3. The highest BCUT2D eigenvalue weighted by Crippen LogP contribution is 2.32. The van der Waals surface area contributed by atoms with Gasteiger partial charge in [0, 0.05) is 12.4 Å². The molecule has 0 saturated heterocycles. The van der Waals surface area contributed by atoms with E-state index >= 15 is 0 Å². The molecule has 0 radical (unpaired) electrons. The maximum absolute atomic E-state index is 11.9. The van der Waals surface area contributed by atoms with E-state index in [2.05, 4.69) is 0 Å². The van der Waals surface area contributed by atoms with Crippen molar-refractivity contribution < 1.29 is 9.59 Å². The lowest BCUT2D eigenvalue weighted by atomic mass is 10.1. The average molecular weight is 252 g/mol. The van der Waals surface area contributed by atoms with E-state index in [-0.39, 0.29) is 5.92 Å². The number of hydrogen-bond donors (Lipinski definition) is 0. The largest absolute Gasteiger partial charge is 0.304 e. The molecule has 3 nitrogen and oxygen atoms in total. The Morgan fingerprint density at radius 2 is 2.06 bits per heavy atom. The van der Waals surface area contributed by atoms with Gasteiger partial charge >= 0.3 is 0 Å². The lowest BCUT2D eigenvalue weighted by Crippen LogP contribution is -2.34. The first-order valence-corrected chi connectivity index (χ1v) is 6.11. The first-order valence-electron chi connectivity index (χ1n) is 5.58. The SMILES string of the molecule is Cc1cccc2c1N(CC(C)CCl)C(=O)C2=O. The number of para-hydroxylation sites is 1. The molecule has 1 aromatic rings. The van der Waals surface area contributed by atoms with Crippen molar-refractivity contribution in [2.75, 3.05) is 17.3 Å². The second-order valence-corrected chi connectivity index (χ2v) is 4.78. The zero-order chi connectivity index (χ0) is 12.6. The number of benzene rings is 1. The third-order valence-electron chi connectivity index (χ3n) is 2.95. The number of aryl methyl sites for hydroxylation is 1. The Morgan fingerprint density at radius 3 is 2.71 bits per heavy atom. The third-order valence-corrected chi connectivity index (χ3v) is 3.48. The van der Waals surface area contributed by atoms with Crippen molar-refractivity contribution in [1.29, 1.82) is 0 Å². The molecule has 1 aliphatic rings. The highest BCUT2D eigenvalue weighted by Gasteiger charge is 2.36. The molecular weight excluding hydrogens is 238 g/mol. The summed E-state index contributed by atoms with van der Waals surface area (Å²) in [5, 5.41) is 0. The molecule has 0 saturated carbocycles. The molecule has 1 amide bonds. The topological polar surface area (TPSA) is 37.4 Å². The van der Waals surface area contributed by atoms with Gasteiger partial charge in [-0.1, -0.05) is 19.1 Å². The maximum Gasteiger partial charge on any atom is 0.299 e. The van der Waals surface area contributed by atoms with Crippen molar-refractivity contribution >= 4 is 29.0 Å². The van der Waals surface area contributed by atoms with E-state index in [1.54, 1.807) is 17.0 Å². The Morgan fingerprint density at radius 1 is 1.35 bits per heavy atom. The number of amides is 1. The molecule has 2 rings (SSSR count). The number of ketones is 1. The van der Waals surface area contributed by atoms with Gasteiger partial charge in [-0.05, 0) is 24.5 Å². The van der Waals surface area contributed by atoms with Gasteiger partial charge in [-0.15, -0.1) is 11.6 Å². The minimum absolute atomic E-state index is 0.166. The van der Waals surface area contributed by atoms with Gasteiger partial charge in [0.2, 0.25) is 0 Å². The Bertz CT molecular complexity index is 484. The van der Waals surface area contributed by atoms with Gasteiger partial charge in [0.25, 0.3) is 11.7 Å². The number of hydrogen-bond acceptors (Lipinski definition) is 2. The highest BCUT2D eigenvalue weighted by molar-refractivity contribution is 6.52. The van der Waals surface area contributed by atoms with Gasteiger partial charge in [-0.25, -0.2) is 0 Å². The number of fused-ring (bicyclic) bond motifs is 1. The molecule has 1 unspecified atom stereocenters. The number of Topliss-reactive ketones (excluding diaryl/α,β-unsaturated/α-hetero) is 1. The van der Waals surface area contributed by atoms with Crippen molar-refractivity contribution in [3.8, 4) is 0 Å². The Hall–Kier alpha value is -1.35. The average Bonchev–Trinajstić information content (AvgIpc) is 2.56. The molecule has 1 heterocycles. The van der Waals surface area contributed by atoms with Gasteiger partial charge in [0.05, 0.1) is 11.3 Å². The van der Waals surface area contributed by atoms with Crippen LogP contribution in [0.4, 0.5) is 5.69 Å². The molecule has 17 heavy (non-hydrogen) atoms. The molecular formula is C13H14ClNO2. The highest BCUT2D eigenvalue weighted by atomic mass is 35.5. The maximum atomic E-state index is 11.9. The van der Waals surface area contributed by atoms with Crippen molar-refractivity contribution in [2.24, 2.45) is 5.92 Å². The van der Waals surface area contributed by atoms with Gasteiger partial charge in [-0.3, -0.25) is 9.59 Å². The Kier molecular flexibility index (Phi) is 3.20. The quantitative estimate of drug-likeness (QED) is 0.611. The molecule has 1 atom stereocenters. The lowest BCUT2D eigenvalue weighted by molar-refractivity contribution is -0.114. The zero-order valence-electron chi connectivity index (χ0n) is 9.87. The summed E-state index contributed by atoms with van der Waals surface area (Å²) in [7, 11) is 0. The molecule has 0 N–H and O–H groups in total. The van der Waals surface area contributed by atoms with E-state index in [0.29, 0.717) is 18.0 Å². The van der Waals surface area contributed by atoms with Crippen molar-refractivity contribution in [1.82, 2.24) is 0 Å². The minimum Gasteiger partial charge on any atom is -0.304 e. The summed E-state index contributed by atoms with van der Waals surface area (Å²) in [5.41, 5.74) is 2.21. The predicted octanol–water partition coefficient (Wildman–Crippen LogP) is 2.40. The Labute approximate surface area is 105 Å². The van der Waals surface area contributed by atoms with Crippen LogP contribution in [0.25, 0.3) is 0 Å². The van der Waals surface area contributed by atoms with E-state index in [9.17, 15) is 9.59 Å². The molecule has 4 heteroatoms. The van der Waals surface area contributed by atoms with Gasteiger partial charge < -0.3 is 4.90 Å². The first kappa shape index (κ1) is 12.1. The van der Waals surface area contributed by atoms with Crippen molar-refractivity contribution in [3.05, 3.63) is 29.3 Å². The molecule has 0 aliphatic carbocycles. The van der Waals surface area contributed by atoms with Crippen LogP contribution < -0.4 is 4.90 Å². The van der Waals surface area contributed by atoms with Crippen LogP contribution in [0, 0.1) is 12.8 Å². The summed E-state index contributed by atoms with van der Waals surface area (Å²) in [4.78, 5) is 25.3. The second-order valence-electron chi connectivity index (χ2n) is 4.48. The lowest BCUT2D eigenvalue weighted by Gasteiger charge is -2.21. The van der Waals surface area contributed by atoms with E-state index in [4.69, 9.17) is 11.6 Å². The van der Waals surface area contributed by atoms with Crippen LogP contribution >= 0.6 is 11.6 Å². The summed E-state index contributed by atoms with van der Waals surface area (Å²) in [6, 6.07) is 5.41. The summed E-state index contributed by atoms with van der Waals surface area (Å²) >= 11 is 5.76. The predicted molar refractivity (Wildman–Crippen MR) is 67.7 cm³/mol. The minimum atomic E-state index is -0.439. The number of halogens is 1. The summed E-state index contributed by atoms with van der Waals surface area (Å²) in [6.07, 6.45) is 0. The number of carbonyl (C=O) groups excluding carboxylic acids is 2. The fraction of sp³-hybridized carbons (Fsp3) is 0.385. The zero-order valence-corrected chi connectivity index (χ0v) is 10.6. The fourth-order valence-corrected chi connectivity index (χ4v) is 2.17. The van der Waals surface area contributed by atoms with Gasteiger partial charge in [-0.2, -0.15) is 0 Å². The third kappa shape index (κ3) is 1.95. The number of carbonyl (C=O) groups is 2. The van der Waals surface area contributed by atoms with Crippen molar-refractivity contribution in [3.63, 3.8) is 0 Å². The number of nitrogens with zero attached hydrogens (tertiary/aromatic N) is 1. The van der Waals surface area contributed by atoms with Crippen LogP contribution in [0.15, 0.2) is 18.2 Å².